The number of benzene rings is 1. The van der Waals surface area contributed by atoms with Crippen molar-refractivity contribution in [3.8, 4) is 0 Å². The Bertz CT molecular complexity index is 900. The molecule has 7 heteroatoms. The van der Waals surface area contributed by atoms with E-state index in [9.17, 15) is 13.2 Å². The molecule has 0 aliphatic carbocycles. The highest BCUT2D eigenvalue weighted by Crippen LogP contribution is 2.30. The van der Waals surface area contributed by atoms with Gasteiger partial charge in [-0.2, -0.15) is 0 Å². The van der Waals surface area contributed by atoms with Gasteiger partial charge in [-0.05, 0) is 55.7 Å². The van der Waals surface area contributed by atoms with Crippen molar-refractivity contribution in [3.05, 3.63) is 46.8 Å². The Morgan fingerprint density at radius 3 is 2.67 bits per heavy atom. The van der Waals surface area contributed by atoms with Crippen LogP contribution < -0.4 is 9.62 Å². The number of hydrogen-bond acceptors (Lipinski definition) is 3. The Labute approximate surface area is 141 Å². The highest BCUT2D eigenvalue weighted by molar-refractivity contribution is 7.89. The van der Waals surface area contributed by atoms with E-state index in [2.05, 4.69) is 9.71 Å². The molecule has 0 fully saturated rings. The lowest BCUT2D eigenvalue weighted by Gasteiger charge is -2.15. The average molecular weight is 347 g/mol. The van der Waals surface area contributed by atoms with Crippen LogP contribution in [0.25, 0.3) is 0 Å². The van der Waals surface area contributed by atoms with E-state index in [0.29, 0.717) is 13.0 Å². The number of carbonyl (C=O) groups is 1. The molecule has 0 saturated heterocycles. The predicted octanol–water partition coefficient (Wildman–Crippen LogP) is 2.02. The Morgan fingerprint density at radius 2 is 2.04 bits per heavy atom. The van der Waals surface area contributed by atoms with Crippen molar-refractivity contribution in [3.63, 3.8) is 0 Å². The summed E-state index contributed by atoms with van der Waals surface area (Å²) in [7, 11) is -3.59. The number of sulfonamides is 1. The molecule has 1 aliphatic rings. The quantitative estimate of drug-likeness (QED) is 0.888. The predicted molar refractivity (Wildman–Crippen MR) is 92.5 cm³/mol. The van der Waals surface area contributed by atoms with Crippen molar-refractivity contribution in [1.29, 1.82) is 0 Å². The molecule has 0 radical (unpaired) electrons. The molecule has 1 aromatic heterocycles. The molecule has 1 aliphatic heterocycles. The van der Waals surface area contributed by atoms with Crippen LogP contribution in [0.1, 0.15) is 29.4 Å². The summed E-state index contributed by atoms with van der Waals surface area (Å²) in [5.41, 5.74) is 4.59. The van der Waals surface area contributed by atoms with Crippen LogP contribution in [0.4, 0.5) is 5.69 Å². The molecular weight excluding hydrogens is 326 g/mol. The summed E-state index contributed by atoms with van der Waals surface area (Å²) in [5, 5.41) is 0. The second kappa shape index (κ2) is 6.07. The molecule has 6 nitrogen and oxygen atoms in total. The second-order valence-electron chi connectivity index (χ2n) is 6.14. The van der Waals surface area contributed by atoms with Crippen LogP contribution >= 0.6 is 0 Å². The highest BCUT2D eigenvalue weighted by Gasteiger charge is 2.24. The summed E-state index contributed by atoms with van der Waals surface area (Å²) in [4.78, 5) is 16.6. The molecule has 0 spiro atoms. The number of aromatic amines is 1. The average Bonchev–Trinajstić information content (AvgIpc) is 3.07. The molecular formula is C17H21N3O3S. The molecule has 24 heavy (non-hydrogen) atoms. The number of nitrogens with zero attached hydrogens (tertiary/aromatic N) is 1. The Hall–Kier alpha value is -2.12. The van der Waals surface area contributed by atoms with Gasteiger partial charge in [0.15, 0.2) is 0 Å². The number of nitrogens with one attached hydrogen (secondary N) is 2. The molecule has 2 heterocycles. The maximum atomic E-state index is 12.5. The zero-order valence-corrected chi connectivity index (χ0v) is 14.8. The summed E-state index contributed by atoms with van der Waals surface area (Å²) >= 11 is 0. The van der Waals surface area contributed by atoms with Crippen LogP contribution in [0.3, 0.4) is 0 Å². The molecule has 3 rings (SSSR count). The van der Waals surface area contributed by atoms with Gasteiger partial charge in [-0.1, -0.05) is 0 Å². The van der Waals surface area contributed by atoms with Crippen LogP contribution in [0.15, 0.2) is 29.2 Å². The van der Waals surface area contributed by atoms with Crippen LogP contribution in [-0.2, 0) is 27.8 Å². The van der Waals surface area contributed by atoms with Gasteiger partial charge in [-0.3, -0.25) is 4.79 Å². The minimum atomic E-state index is -3.59. The van der Waals surface area contributed by atoms with Gasteiger partial charge < -0.3 is 9.88 Å². The monoisotopic (exact) mass is 347 g/mol. The number of fused-ring (bicyclic) bond motifs is 1. The summed E-state index contributed by atoms with van der Waals surface area (Å²) in [5.74, 6) is -0.0271. The van der Waals surface area contributed by atoms with Gasteiger partial charge in [0.05, 0.1) is 4.90 Å². The molecule has 0 unspecified atom stereocenters. The number of H-pyrrole nitrogens is 1. The van der Waals surface area contributed by atoms with E-state index in [1.54, 1.807) is 23.1 Å². The van der Waals surface area contributed by atoms with Crippen molar-refractivity contribution in [2.24, 2.45) is 0 Å². The van der Waals surface area contributed by atoms with E-state index >= 15 is 0 Å². The number of amides is 1. The third kappa shape index (κ3) is 3.09. The highest BCUT2D eigenvalue weighted by atomic mass is 32.2. The summed E-state index contributed by atoms with van der Waals surface area (Å²) in [6, 6.07) is 6.86. The Kier molecular flexibility index (Phi) is 4.23. The second-order valence-corrected chi connectivity index (χ2v) is 7.91. The maximum absolute atomic E-state index is 12.5. The molecule has 1 amide bonds. The number of aryl methyl sites for hydroxylation is 2. The molecule has 0 atom stereocenters. The van der Waals surface area contributed by atoms with Crippen LogP contribution in [0.5, 0.6) is 0 Å². The van der Waals surface area contributed by atoms with E-state index in [4.69, 9.17) is 0 Å². The molecule has 128 valence electrons. The number of carbonyl (C=O) groups excluding carboxylic acids is 1. The van der Waals surface area contributed by atoms with Gasteiger partial charge in [0.25, 0.3) is 0 Å². The number of rotatable bonds is 4. The number of hydrogen-bond donors (Lipinski definition) is 2. The van der Waals surface area contributed by atoms with Crippen LogP contribution in [0, 0.1) is 13.8 Å². The van der Waals surface area contributed by atoms with E-state index < -0.39 is 10.0 Å². The van der Waals surface area contributed by atoms with Crippen LogP contribution in [-0.4, -0.2) is 25.9 Å². The van der Waals surface area contributed by atoms with Gasteiger partial charge in [0.1, 0.15) is 0 Å². The number of aromatic nitrogens is 1. The molecule has 2 N–H and O–H groups in total. The Balaban J connectivity index is 1.81. The molecule has 0 bridgehead atoms. The summed E-state index contributed by atoms with van der Waals surface area (Å²) < 4.78 is 27.7. The lowest BCUT2D eigenvalue weighted by atomic mass is 10.2. The van der Waals surface area contributed by atoms with Crippen molar-refractivity contribution in [2.75, 3.05) is 11.4 Å². The van der Waals surface area contributed by atoms with Crippen molar-refractivity contribution < 1.29 is 13.2 Å². The van der Waals surface area contributed by atoms with E-state index in [1.807, 2.05) is 19.9 Å². The fourth-order valence-electron chi connectivity index (χ4n) is 3.09. The largest absolute Gasteiger partial charge is 0.362 e. The third-order valence-electron chi connectivity index (χ3n) is 4.35. The zero-order valence-electron chi connectivity index (χ0n) is 14.0. The van der Waals surface area contributed by atoms with Crippen molar-refractivity contribution in [2.45, 2.75) is 38.6 Å². The van der Waals surface area contributed by atoms with E-state index in [0.717, 1.165) is 28.2 Å². The van der Waals surface area contributed by atoms with Crippen molar-refractivity contribution >= 4 is 21.6 Å². The SMILES string of the molecule is CC(=O)N1CCc2cc(S(=O)(=O)NCc3cc(C)[nH]c3C)ccc21. The standard InChI is InChI=1S/C17H21N3O3S/c1-11-8-15(12(2)19-11)10-18-24(22,23)16-4-5-17-14(9-16)6-7-20(17)13(3)21/h4-5,8-9,18-19H,6-7,10H2,1-3H3. The lowest BCUT2D eigenvalue weighted by Crippen LogP contribution is -2.26. The van der Waals surface area contributed by atoms with Gasteiger partial charge in [0, 0.05) is 37.1 Å². The van der Waals surface area contributed by atoms with Gasteiger partial charge in [-0.25, -0.2) is 13.1 Å². The minimum absolute atomic E-state index is 0.0271. The first-order valence-electron chi connectivity index (χ1n) is 7.84. The fourth-order valence-corrected chi connectivity index (χ4v) is 4.15. The van der Waals surface area contributed by atoms with Gasteiger partial charge in [-0.15, -0.1) is 0 Å². The Morgan fingerprint density at radius 1 is 1.29 bits per heavy atom. The minimum Gasteiger partial charge on any atom is -0.362 e. The van der Waals surface area contributed by atoms with Gasteiger partial charge >= 0.3 is 0 Å². The maximum Gasteiger partial charge on any atom is 0.240 e. The van der Waals surface area contributed by atoms with E-state index in [-0.39, 0.29) is 17.3 Å². The normalized spacial score (nSPS) is 14.0. The van der Waals surface area contributed by atoms with E-state index in [1.165, 1.54) is 6.92 Å². The molecule has 0 saturated carbocycles. The first-order chi connectivity index (χ1) is 11.3. The number of anilines is 1. The lowest BCUT2D eigenvalue weighted by molar-refractivity contribution is -0.116. The summed E-state index contributed by atoms with van der Waals surface area (Å²) in [6.07, 6.45) is 0.675. The van der Waals surface area contributed by atoms with Gasteiger partial charge in [0.2, 0.25) is 15.9 Å². The first-order valence-corrected chi connectivity index (χ1v) is 9.32. The topological polar surface area (TPSA) is 82.3 Å². The van der Waals surface area contributed by atoms with Crippen LogP contribution in [0.2, 0.25) is 0 Å². The summed E-state index contributed by atoms with van der Waals surface area (Å²) in [6.45, 7) is 6.22. The molecule has 1 aromatic carbocycles. The molecule has 2 aromatic rings. The fraction of sp³-hybridized carbons (Fsp3) is 0.353. The smallest absolute Gasteiger partial charge is 0.240 e. The first kappa shape index (κ1) is 16.7. The third-order valence-corrected chi connectivity index (χ3v) is 5.75. The van der Waals surface area contributed by atoms with Crippen molar-refractivity contribution in [1.82, 2.24) is 9.71 Å². The zero-order chi connectivity index (χ0) is 17.5.